The Kier molecular flexibility index (Phi) is 4.30. The van der Waals surface area contributed by atoms with Crippen molar-refractivity contribution in [1.82, 2.24) is 20.1 Å². The van der Waals surface area contributed by atoms with E-state index >= 15 is 0 Å². The largest absolute Gasteiger partial charge is 0.342 e. The summed E-state index contributed by atoms with van der Waals surface area (Å²) in [6, 6.07) is 10.3. The van der Waals surface area contributed by atoms with Crippen LogP contribution in [0.4, 0.5) is 0 Å². The zero-order valence-corrected chi connectivity index (χ0v) is 16.0. The fourth-order valence-electron chi connectivity index (χ4n) is 4.74. The van der Waals surface area contributed by atoms with Crippen LogP contribution >= 0.6 is 0 Å². The number of ketones is 1. The van der Waals surface area contributed by atoms with Gasteiger partial charge >= 0.3 is 5.69 Å². The number of hydrogen-bond acceptors (Lipinski definition) is 4. The summed E-state index contributed by atoms with van der Waals surface area (Å²) in [5, 5.41) is 8.35. The summed E-state index contributed by atoms with van der Waals surface area (Å²) in [7, 11) is 0. The van der Waals surface area contributed by atoms with E-state index in [2.05, 4.69) is 27.3 Å². The fraction of sp³-hybridized carbons (Fsp3) is 0.364. The van der Waals surface area contributed by atoms with Gasteiger partial charge in [0.25, 0.3) is 0 Å². The van der Waals surface area contributed by atoms with Gasteiger partial charge in [-0.2, -0.15) is 5.10 Å². The van der Waals surface area contributed by atoms with Gasteiger partial charge in [0.05, 0.1) is 6.42 Å². The minimum atomic E-state index is -0.424. The topological polar surface area (TPSA) is 98.9 Å². The quantitative estimate of drug-likeness (QED) is 0.666. The van der Waals surface area contributed by atoms with Crippen LogP contribution in [-0.4, -0.2) is 44.9 Å². The summed E-state index contributed by atoms with van der Waals surface area (Å²) in [6.45, 7) is 1.04. The number of carbonyl (C=O) groups is 2. The molecule has 2 aliphatic rings. The lowest BCUT2D eigenvalue weighted by Gasteiger charge is -2.32. The van der Waals surface area contributed by atoms with Crippen LogP contribution < -0.4 is 5.69 Å². The van der Waals surface area contributed by atoms with Crippen molar-refractivity contribution in [3.63, 3.8) is 0 Å². The molecule has 0 bridgehead atoms. The molecule has 0 spiro atoms. The second-order valence-corrected chi connectivity index (χ2v) is 7.96. The smallest absolute Gasteiger partial charge is 0.340 e. The van der Waals surface area contributed by atoms with Crippen molar-refractivity contribution >= 4 is 22.5 Å². The van der Waals surface area contributed by atoms with Crippen molar-refractivity contribution in [2.45, 2.75) is 32.1 Å². The van der Waals surface area contributed by atoms with Crippen LogP contribution in [0.1, 0.15) is 40.2 Å². The number of amides is 1. The average Bonchev–Trinajstić information content (AvgIpc) is 3.35. The Hall–Kier alpha value is -3.22. The van der Waals surface area contributed by atoms with E-state index in [-0.39, 0.29) is 24.0 Å². The highest BCUT2D eigenvalue weighted by molar-refractivity contribution is 6.11. The number of Topliss-reactive ketones (excluding diaryl/α,β-unsaturated/α-hetero) is 1. The lowest BCUT2D eigenvalue weighted by molar-refractivity contribution is -0.132. The Morgan fingerprint density at radius 1 is 1.14 bits per heavy atom. The number of aryl methyl sites for hydroxylation is 2. The molecule has 1 fully saturated rings. The van der Waals surface area contributed by atoms with Crippen LogP contribution in [0.2, 0.25) is 0 Å². The van der Waals surface area contributed by atoms with Gasteiger partial charge < -0.3 is 4.90 Å². The Labute approximate surface area is 167 Å². The molecule has 0 radical (unpaired) electrons. The Bertz CT molecular complexity index is 1170. The van der Waals surface area contributed by atoms with Gasteiger partial charge in [-0.25, -0.2) is 9.89 Å². The van der Waals surface area contributed by atoms with Crippen LogP contribution in [0.25, 0.3) is 10.8 Å². The first kappa shape index (κ1) is 17.8. The summed E-state index contributed by atoms with van der Waals surface area (Å²) in [5.41, 5.74) is 2.98. The maximum absolute atomic E-state index is 13.4. The molecule has 2 aromatic carbocycles. The molecule has 29 heavy (non-hydrogen) atoms. The second-order valence-electron chi connectivity index (χ2n) is 7.96. The SMILES string of the molecule is O=C(c1ccc2c3c(cccc13)CC2)[C@@H]1CCCN(C(=O)Cc2n[nH]c(=O)[nH]2)C1. The lowest BCUT2D eigenvalue weighted by Crippen LogP contribution is -2.43. The molecule has 1 aliphatic heterocycles. The Morgan fingerprint density at radius 3 is 2.76 bits per heavy atom. The molecule has 7 nitrogen and oxygen atoms in total. The maximum Gasteiger partial charge on any atom is 0.340 e. The monoisotopic (exact) mass is 390 g/mol. The van der Waals surface area contributed by atoms with Gasteiger partial charge in [-0.1, -0.05) is 30.3 Å². The number of nitrogens with zero attached hydrogens (tertiary/aromatic N) is 2. The summed E-state index contributed by atoms with van der Waals surface area (Å²) in [5.74, 6) is 0.113. The molecule has 3 aromatic rings. The van der Waals surface area contributed by atoms with Crippen molar-refractivity contribution in [1.29, 1.82) is 0 Å². The standard InChI is InChI=1S/C22H22N4O3/c27-19(11-18-23-22(29)25-24-18)26-10-2-4-15(12-26)21(28)17-9-8-14-7-6-13-3-1-5-16(17)20(13)14/h1,3,5,8-9,15H,2,4,6-7,10-12H2,(H2,23,24,25,29)/t15-/m1/s1. The fourth-order valence-corrected chi connectivity index (χ4v) is 4.74. The first-order valence-electron chi connectivity index (χ1n) is 10.1. The molecular weight excluding hydrogens is 368 g/mol. The van der Waals surface area contributed by atoms with Gasteiger partial charge in [0.15, 0.2) is 5.78 Å². The van der Waals surface area contributed by atoms with E-state index in [9.17, 15) is 14.4 Å². The molecule has 1 aromatic heterocycles. The molecule has 0 unspecified atom stereocenters. The Morgan fingerprint density at radius 2 is 1.97 bits per heavy atom. The second kappa shape index (κ2) is 6.99. The van der Waals surface area contributed by atoms with Gasteiger partial charge in [0.2, 0.25) is 5.91 Å². The van der Waals surface area contributed by atoms with Crippen molar-refractivity contribution in [2.75, 3.05) is 13.1 Å². The molecule has 5 rings (SSSR count). The van der Waals surface area contributed by atoms with Crippen LogP contribution in [0, 0.1) is 5.92 Å². The van der Waals surface area contributed by atoms with Gasteiger partial charge in [-0.15, -0.1) is 0 Å². The molecule has 148 valence electrons. The van der Waals surface area contributed by atoms with E-state index in [1.165, 1.54) is 16.5 Å². The molecule has 0 saturated carbocycles. The number of H-pyrrole nitrogens is 2. The maximum atomic E-state index is 13.4. The van der Waals surface area contributed by atoms with E-state index in [0.29, 0.717) is 18.9 Å². The molecule has 1 aliphatic carbocycles. The van der Waals surface area contributed by atoms with Crippen LogP contribution in [0.5, 0.6) is 0 Å². The van der Waals surface area contributed by atoms with Gasteiger partial charge in [0.1, 0.15) is 5.82 Å². The molecule has 1 atom stereocenters. The normalized spacial score (nSPS) is 18.3. The van der Waals surface area contributed by atoms with Crippen LogP contribution in [-0.2, 0) is 24.1 Å². The summed E-state index contributed by atoms with van der Waals surface area (Å²) in [4.78, 5) is 41.4. The number of carbonyl (C=O) groups excluding carboxylic acids is 2. The number of benzene rings is 2. The third kappa shape index (κ3) is 3.16. The predicted molar refractivity (Wildman–Crippen MR) is 108 cm³/mol. The third-order valence-corrected chi connectivity index (χ3v) is 6.16. The van der Waals surface area contributed by atoms with Gasteiger partial charge in [-0.3, -0.25) is 14.6 Å². The zero-order valence-electron chi connectivity index (χ0n) is 16.0. The molecule has 2 heterocycles. The molecule has 1 saturated heterocycles. The van der Waals surface area contributed by atoms with E-state index in [1.807, 2.05) is 18.2 Å². The van der Waals surface area contributed by atoms with Gasteiger partial charge in [0, 0.05) is 24.6 Å². The van der Waals surface area contributed by atoms with Gasteiger partial charge in [-0.05, 0) is 47.6 Å². The number of rotatable bonds is 4. The Balaban J connectivity index is 1.37. The predicted octanol–water partition coefficient (Wildman–Crippen LogP) is 2.01. The minimum Gasteiger partial charge on any atom is -0.342 e. The third-order valence-electron chi connectivity index (χ3n) is 6.16. The summed E-state index contributed by atoms with van der Waals surface area (Å²) in [6.07, 6.45) is 3.67. The van der Waals surface area contributed by atoms with Crippen molar-refractivity contribution in [3.8, 4) is 0 Å². The first-order chi connectivity index (χ1) is 14.1. The number of aromatic amines is 2. The van der Waals surface area contributed by atoms with Crippen molar-refractivity contribution in [3.05, 3.63) is 63.3 Å². The number of piperidine rings is 1. The van der Waals surface area contributed by atoms with E-state index < -0.39 is 5.69 Å². The summed E-state index contributed by atoms with van der Waals surface area (Å²) < 4.78 is 0. The van der Waals surface area contributed by atoms with E-state index in [1.54, 1.807) is 4.90 Å². The van der Waals surface area contributed by atoms with Crippen LogP contribution in [0.3, 0.4) is 0 Å². The highest BCUT2D eigenvalue weighted by atomic mass is 16.2. The number of hydrogen-bond donors (Lipinski definition) is 2. The number of aromatic nitrogens is 3. The highest BCUT2D eigenvalue weighted by Gasteiger charge is 2.30. The van der Waals surface area contributed by atoms with Crippen molar-refractivity contribution < 1.29 is 9.59 Å². The zero-order chi connectivity index (χ0) is 20.0. The molecule has 1 amide bonds. The molecule has 7 heteroatoms. The first-order valence-corrected chi connectivity index (χ1v) is 10.1. The minimum absolute atomic E-state index is 0.0284. The molecule has 2 N–H and O–H groups in total. The number of likely N-dealkylation sites (tertiary alicyclic amines) is 1. The van der Waals surface area contributed by atoms with Crippen molar-refractivity contribution in [2.24, 2.45) is 5.92 Å². The van der Waals surface area contributed by atoms with Crippen LogP contribution in [0.15, 0.2) is 35.1 Å². The lowest BCUT2D eigenvalue weighted by atomic mass is 9.87. The van der Waals surface area contributed by atoms with E-state index in [4.69, 9.17) is 0 Å². The average molecular weight is 390 g/mol. The number of nitrogens with one attached hydrogen (secondary N) is 2. The molecular formula is C22H22N4O3. The van der Waals surface area contributed by atoms with E-state index in [0.717, 1.165) is 36.6 Å². The highest BCUT2D eigenvalue weighted by Crippen LogP contribution is 2.34. The summed E-state index contributed by atoms with van der Waals surface area (Å²) >= 11 is 0.